The Kier molecular flexibility index (Phi) is 7.56. The molecule has 0 fully saturated rings. The number of aromatic nitrogens is 2. The molecule has 0 saturated carbocycles. The highest BCUT2D eigenvalue weighted by Crippen LogP contribution is 2.27. The highest BCUT2D eigenvalue weighted by molar-refractivity contribution is 9.10. The second kappa shape index (κ2) is 8.40. The van der Waals surface area contributed by atoms with Crippen LogP contribution in [0, 0.1) is 5.41 Å². The number of hydrogen-bond acceptors (Lipinski definition) is 2. The van der Waals surface area contributed by atoms with Gasteiger partial charge in [0.05, 0.1) is 15.9 Å². The second-order valence-electron chi connectivity index (χ2n) is 5.32. The van der Waals surface area contributed by atoms with E-state index in [2.05, 4.69) is 58.7 Å². The minimum atomic E-state index is 0.207. The lowest BCUT2D eigenvalue weighted by Crippen LogP contribution is -2.35. The monoisotopic (exact) mass is 363 g/mol. The Morgan fingerprint density at radius 1 is 1.25 bits per heavy atom. The van der Waals surface area contributed by atoms with E-state index in [4.69, 9.17) is 11.6 Å². The van der Waals surface area contributed by atoms with E-state index in [9.17, 15) is 0 Å². The summed E-state index contributed by atoms with van der Waals surface area (Å²) in [6, 6.07) is 0. The summed E-state index contributed by atoms with van der Waals surface area (Å²) in [6.45, 7) is 11.4. The third kappa shape index (κ3) is 3.99. The average Bonchev–Trinajstić information content (AvgIpc) is 2.80. The van der Waals surface area contributed by atoms with Gasteiger partial charge < -0.3 is 5.32 Å². The number of halogens is 2. The van der Waals surface area contributed by atoms with Gasteiger partial charge in [-0.25, -0.2) is 0 Å². The summed E-state index contributed by atoms with van der Waals surface area (Å²) in [5.74, 6) is 0.710. The number of rotatable bonds is 9. The molecule has 0 aliphatic heterocycles. The zero-order valence-electron chi connectivity index (χ0n) is 13.1. The Morgan fingerprint density at radius 3 is 2.35 bits per heavy atom. The van der Waals surface area contributed by atoms with Crippen LogP contribution in [-0.4, -0.2) is 22.2 Å². The van der Waals surface area contributed by atoms with Gasteiger partial charge in [-0.2, -0.15) is 5.10 Å². The van der Waals surface area contributed by atoms with Crippen LogP contribution in [0.25, 0.3) is 0 Å². The lowest BCUT2D eigenvalue weighted by molar-refractivity contribution is 0.284. The Balaban J connectivity index is 2.72. The van der Waals surface area contributed by atoms with Gasteiger partial charge in [0.25, 0.3) is 0 Å². The van der Waals surface area contributed by atoms with E-state index in [-0.39, 0.29) is 5.41 Å². The van der Waals surface area contributed by atoms with Gasteiger partial charge in [0.15, 0.2) is 0 Å². The van der Waals surface area contributed by atoms with Crippen LogP contribution in [0.4, 0.5) is 0 Å². The van der Waals surface area contributed by atoms with Crippen molar-refractivity contribution in [1.82, 2.24) is 15.1 Å². The van der Waals surface area contributed by atoms with Crippen molar-refractivity contribution in [2.45, 2.75) is 60.0 Å². The van der Waals surface area contributed by atoms with Crippen molar-refractivity contribution in [2.24, 2.45) is 5.41 Å². The minimum absolute atomic E-state index is 0.207. The lowest BCUT2D eigenvalue weighted by Gasteiger charge is -2.29. The van der Waals surface area contributed by atoms with Gasteiger partial charge in [-0.15, -0.1) is 11.6 Å². The van der Waals surface area contributed by atoms with E-state index in [0.717, 1.165) is 49.1 Å². The largest absolute Gasteiger partial charge is 0.311 e. The van der Waals surface area contributed by atoms with E-state index >= 15 is 0 Å². The maximum absolute atomic E-state index is 6.16. The molecule has 116 valence electrons. The predicted octanol–water partition coefficient (Wildman–Crippen LogP) is 4.36. The summed E-state index contributed by atoms with van der Waals surface area (Å²) in [6.07, 6.45) is 3.17. The molecule has 0 aromatic carbocycles. The maximum atomic E-state index is 6.16. The van der Waals surface area contributed by atoms with Gasteiger partial charge in [-0.05, 0) is 47.5 Å². The first-order valence-corrected chi connectivity index (χ1v) is 8.90. The van der Waals surface area contributed by atoms with Crippen molar-refractivity contribution in [1.29, 1.82) is 0 Å². The van der Waals surface area contributed by atoms with E-state index < -0.39 is 0 Å². The van der Waals surface area contributed by atoms with E-state index in [1.54, 1.807) is 0 Å². The number of nitrogens with zero attached hydrogens (tertiary/aromatic N) is 2. The molecule has 20 heavy (non-hydrogen) atoms. The number of nitrogens with one attached hydrogen (secondary N) is 1. The Morgan fingerprint density at radius 2 is 1.90 bits per heavy atom. The molecule has 1 aromatic heterocycles. The molecule has 0 radical (unpaired) electrons. The molecule has 0 saturated heterocycles. The fourth-order valence-electron chi connectivity index (χ4n) is 2.37. The standard InChI is InChI=1S/C15H27BrClN3/c1-5-12-14(16)13(20(8-4)19-12)9-18-11-15(6-2,7-3)10-17/h18H,5-11H2,1-4H3. The summed E-state index contributed by atoms with van der Waals surface area (Å²) >= 11 is 9.84. The molecule has 1 rings (SSSR count). The smallest absolute Gasteiger partial charge is 0.0767 e. The number of alkyl halides is 1. The first kappa shape index (κ1) is 18.0. The molecule has 0 aliphatic carbocycles. The Hall–Kier alpha value is -0.0600. The molecular formula is C15H27BrClN3. The third-order valence-electron chi connectivity index (χ3n) is 4.27. The second-order valence-corrected chi connectivity index (χ2v) is 6.38. The first-order chi connectivity index (χ1) is 9.57. The van der Waals surface area contributed by atoms with Crippen molar-refractivity contribution in [2.75, 3.05) is 12.4 Å². The molecule has 1 N–H and O–H groups in total. The molecule has 0 spiro atoms. The summed E-state index contributed by atoms with van der Waals surface area (Å²) < 4.78 is 3.23. The Bertz CT molecular complexity index is 405. The van der Waals surface area contributed by atoms with E-state index in [1.165, 1.54) is 5.69 Å². The minimum Gasteiger partial charge on any atom is -0.311 e. The SMILES string of the molecule is CCc1nn(CC)c(CNCC(CC)(CC)CCl)c1Br. The van der Waals surface area contributed by atoms with Crippen molar-refractivity contribution >= 4 is 27.5 Å². The van der Waals surface area contributed by atoms with Crippen LogP contribution in [0.2, 0.25) is 0 Å². The van der Waals surface area contributed by atoms with Gasteiger partial charge >= 0.3 is 0 Å². The van der Waals surface area contributed by atoms with Crippen LogP contribution in [0.15, 0.2) is 4.47 Å². The normalized spacial score (nSPS) is 12.1. The van der Waals surface area contributed by atoms with Crippen LogP contribution in [0.5, 0.6) is 0 Å². The molecule has 0 unspecified atom stereocenters. The van der Waals surface area contributed by atoms with Crippen LogP contribution < -0.4 is 5.32 Å². The molecule has 0 amide bonds. The van der Waals surface area contributed by atoms with Crippen molar-refractivity contribution < 1.29 is 0 Å². The van der Waals surface area contributed by atoms with Crippen molar-refractivity contribution in [3.63, 3.8) is 0 Å². The van der Waals surface area contributed by atoms with Crippen LogP contribution >= 0.6 is 27.5 Å². The summed E-state index contributed by atoms with van der Waals surface area (Å²) in [4.78, 5) is 0. The molecule has 1 heterocycles. The fourth-order valence-corrected chi connectivity index (χ4v) is 3.55. The third-order valence-corrected chi connectivity index (χ3v) is 5.75. The molecule has 1 aromatic rings. The maximum Gasteiger partial charge on any atom is 0.0767 e. The molecule has 0 aliphatic rings. The van der Waals surface area contributed by atoms with Gasteiger partial charge in [0, 0.05) is 25.5 Å². The molecule has 0 atom stereocenters. The van der Waals surface area contributed by atoms with Crippen LogP contribution in [0.3, 0.4) is 0 Å². The zero-order chi connectivity index (χ0) is 15.2. The summed E-state index contributed by atoms with van der Waals surface area (Å²) in [5.41, 5.74) is 2.58. The number of hydrogen-bond donors (Lipinski definition) is 1. The molecule has 5 heteroatoms. The summed E-state index contributed by atoms with van der Waals surface area (Å²) in [5, 5.41) is 8.20. The topological polar surface area (TPSA) is 29.9 Å². The average molecular weight is 365 g/mol. The first-order valence-electron chi connectivity index (χ1n) is 7.58. The van der Waals surface area contributed by atoms with E-state index in [1.807, 2.05) is 0 Å². The highest BCUT2D eigenvalue weighted by Gasteiger charge is 2.25. The van der Waals surface area contributed by atoms with Gasteiger partial charge in [-0.3, -0.25) is 4.68 Å². The molecule has 3 nitrogen and oxygen atoms in total. The Labute approximate surface area is 136 Å². The molecular weight excluding hydrogens is 338 g/mol. The van der Waals surface area contributed by atoms with E-state index in [0.29, 0.717) is 5.88 Å². The van der Waals surface area contributed by atoms with Gasteiger partial charge in [-0.1, -0.05) is 20.8 Å². The quantitative estimate of drug-likeness (QED) is 0.660. The van der Waals surface area contributed by atoms with Crippen molar-refractivity contribution in [3.8, 4) is 0 Å². The number of aryl methyl sites for hydroxylation is 2. The van der Waals surface area contributed by atoms with Crippen LogP contribution in [-0.2, 0) is 19.5 Å². The van der Waals surface area contributed by atoms with Gasteiger partial charge in [0.2, 0.25) is 0 Å². The lowest BCUT2D eigenvalue weighted by atomic mass is 9.84. The zero-order valence-corrected chi connectivity index (χ0v) is 15.4. The van der Waals surface area contributed by atoms with Gasteiger partial charge in [0.1, 0.15) is 0 Å². The highest BCUT2D eigenvalue weighted by atomic mass is 79.9. The summed E-state index contributed by atoms with van der Waals surface area (Å²) in [7, 11) is 0. The molecule has 0 bridgehead atoms. The van der Waals surface area contributed by atoms with Crippen LogP contribution in [0.1, 0.15) is 51.9 Å². The predicted molar refractivity (Wildman–Crippen MR) is 90.4 cm³/mol. The fraction of sp³-hybridized carbons (Fsp3) is 0.800. The van der Waals surface area contributed by atoms with Crippen molar-refractivity contribution in [3.05, 3.63) is 15.9 Å².